The second kappa shape index (κ2) is 1.14. The van der Waals surface area contributed by atoms with Crippen LogP contribution < -0.4 is 5.90 Å². The van der Waals surface area contributed by atoms with Gasteiger partial charge in [-0.15, -0.1) is 0 Å². The van der Waals surface area contributed by atoms with Gasteiger partial charge in [0.2, 0.25) is 0 Å². The molecule has 1 aliphatic carbocycles. The van der Waals surface area contributed by atoms with E-state index in [1.165, 1.54) is 0 Å². The lowest BCUT2D eigenvalue weighted by Gasteiger charge is -1.88. The monoisotopic (exact) mass is 109 g/mol. The number of hydrogen-bond acceptors (Lipinski definition) is 2. The molecule has 0 bridgehead atoms. The van der Waals surface area contributed by atoms with Gasteiger partial charge in [-0.2, -0.15) is 0 Å². The molecule has 1 rings (SSSR count). The van der Waals surface area contributed by atoms with Crippen LogP contribution in [-0.2, 0) is 4.84 Å². The van der Waals surface area contributed by atoms with E-state index in [2.05, 4.69) is 10.7 Å². The van der Waals surface area contributed by atoms with Crippen LogP contribution in [-0.4, -0.2) is 12.0 Å². The van der Waals surface area contributed by atoms with E-state index in [1.54, 1.807) is 0 Å². The van der Waals surface area contributed by atoms with Gasteiger partial charge in [-0.05, 0) is 0 Å². The minimum absolute atomic E-state index is 0.219. The molecule has 7 heavy (non-hydrogen) atoms. The summed E-state index contributed by atoms with van der Waals surface area (Å²) in [5.74, 6) is 1.80. The largest absolute Gasteiger partial charge is 0.295 e. The first-order valence-corrected chi connectivity index (χ1v) is 1.90. The van der Waals surface area contributed by atoms with E-state index in [0.717, 1.165) is 0 Å². The quantitative estimate of drug-likeness (QED) is 0.491. The zero-order chi connectivity index (χ0) is 5.49. The minimum atomic E-state index is -2.63. The van der Waals surface area contributed by atoms with Gasteiger partial charge < -0.3 is 0 Å². The molecule has 0 aliphatic heterocycles. The standard InChI is InChI=1S/C3H5F2NO/c4-3(5)1-2(3)7-6/h2H,1,6H2. The molecule has 1 unspecified atom stereocenters. The van der Waals surface area contributed by atoms with Gasteiger partial charge in [0, 0.05) is 6.42 Å². The Morgan fingerprint density at radius 1 is 1.71 bits per heavy atom. The second-order valence-electron chi connectivity index (χ2n) is 1.59. The average molecular weight is 109 g/mol. The predicted octanol–water partition coefficient (Wildman–Crippen LogP) is 0.284. The van der Waals surface area contributed by atoms with Crippen molar-refractivity contribution >= 4 is 0 Å². The van der Waals surface area contributed by atoms with E-state index in [4.69, 9.17) is 0 Å². The van der Waals surface area contributed by atoms with Gasteiger partial charge in [0.25, 0.3) is 5.92 Å². The average Bonchev–Trinajstić information content (AvgIpc) is 2.13. The third-order valence-electron chi connectivity index (χ3n) is 0.933. The Kier molecular flexibility index (Phi) is 0.800. The van der Waals surface area contributed by atoms with Crippen LogP contribution in [0.25, 0.3) is 0 Å². The molecule has 2 nitrogen and oxygen atoms in total. The summed E-state index contributed by atoms with van der Waals surface area (Å²) in [6, 6.07) is 0. The molecule has 0 aromatic heterocycles. The van der Waals surface area contributed by atoms with Gasteiger partial charge in [0.15, 0.2) is 0 Å². The van der Waals surface area contributed by atoms with Crippen LogP contribution in [0.4, 0.5) is 8.78 Å². The van der Waals surface area contributed by atoms with Crippen molar-refractivity contribution in [1.82, 2.24) is 0 Å². The van der Waals surface area contributed by atoms with E-state index in [0.29, 0.717) is 0 Å². The molecule has 0 amide bonds. The summed E-state index contributed by atoms with van der Waals surface area (Å²) in [5, 5.41) is 0. The third kappa shape index (κ3) is 0.711. The Morgan fingerprint density at radius 3 is 2.14 bits per heavy atom. The Bertz CT molecular complexity index is 85.0. The van der Waals surface area contributed by atoms with Crippen molar-refractivity contribution < 1.29 is 13.6 Å². The number of alkyl halides is 2. The number of rotatable bonds is 1. The first-order chi connectivity index (χ1) is 3.17. The highest BCUT2D eigenvalue weighted by atomic mass is 19.3. The predicted molar refractivity (Wildman–Crippen MR) is 18.6 cm³/mol. The third-order valence-corrected chi connectivity index (χ3v) is 0.933. The summed E-state index contributed by atoms with van der Waals surface area (Å²) in [7, 11) is 0. The fourth-order valence-electron chi connectivity index (χ4n) is 0.336. The molecule has 0 aromatic rings. The fourth-order valence-corrected chi connectivity index (χ4v) is 0.336. The van der Waals surface area contributed by atoms with Crippen LogP contribution in [0.3, 0.4) is 0 Å². The van der Waals surface area contributed by atoms with E-state index < -0.39 is 12.0 Å². The van der Waals surface area contributed by atoms with Crippen molar-refractivity contribution in [2.24, 2.45) is 5.90 Å². The van der Waals surface area contributed by atoms with Gasteiger partial charge in [-0.1, -0.05) is 0 Å². The maximum Gasteiger partial charge on any atom is 0.278 e. The SMILES string of the molecule is NOC1CC1(F)F. The highest BCUT2D eigenvalue weighted by molar-refractivity contribution is 4.96. The molecule has 0 aromatic carbocycles. The van der Waals surface area contributed by atoms with Gasteiger partial charge in [0.1, 0.15) is 6.10 Å². The highest BCUT2D eigenvalue weighted by Crippen LogP contribution is 2.43. The van der Waals surface area contributed by atoms with Crippen molar-refractivity contribution in [1.29, 1.82) is 0 Å². The van der Waals surface area contributed by atoms with E-state index in [-0.39, 0.29) is 6.42 Å². The highest BCUT2D eigenvalue weighted by Gasteiger charge is 2.58. The summed E-state index contributed by atoms with van der Waals surface area (Å²) < 4.78 is 23.2. The molecule has 0 heterocycles. The molecule has 0 radical (unpaired) electrons. The summed E-state index contributed by atoms with van der Waals surface area (Å²) in [6.45, 7) is 0. The van der Waals surface area contributed by atoms with Crippen LogP contribution in [0.2, 0.25) is 0 Å². The number of nitrogens with two attached hydrogens (primary N) is 1. The number of hydrogen-bond donors (Lipinski definition) is 1. The maximum absolute atomic E-state index is 11.6. The van der Waals surface area contributed by atoms with Crippen LogP contribution in [0.1, 0.15) is 6.42 Å². The first kappa shape index (κ1) is 4.93. The lowest BCUT2D eigenvalue weighted by atomic mass is 10.8. The Balaban J connectivity index is 2.30. The molecule has 1 atom stereocenters. The smallest absolute Gasteiger partial charge is 0.278 e. The number of halogens is 2. The Labute approximate surface area is 39.2 Å². The molecule has 4 heteroatoms. The van der Waals surface area contributed by atoms with Crippen molar-refractivity contribution in [2.45, 2.75) is 18.4 Å². The molecule has 1 aliphatic rings. The molecule has 1 saturated carbocycles. The minimum Gasteiger partial charge on any atom is -0.295 e. The topological polar surface area (TPSA) is 35.2 Å². The fraction of sp³-hybridized carbons (Fsp3) is 1.00. The van der Waals surface area contributed by atoms with Crippen molar-refractivity contribution in [2.75, 3.05) is 0 Å². The van der Waals surface area contributed by atoms with E-state index >= 15 is 0 Å². The molecule has 1 fully saturated rings. The van der Waals surface area contributed by atoms with Gasteiger partial charge in [-0.25, -0.2) is 14.7 Å². The summed E-state index contributed by atoms with van der Waals surface area (Å²) >= 11 is 0. The Morgan fingerprint density at radius 2 is 2.14 bits per heavy atom. The van der Waals surface area contributed by atoms with Crippen LogP contribution in [0.15, 0.2) is 0 Å². The molecular weight excluding hydrogens is 104 g/mol. The Hall–Kier alpha value is -0.220. The van der Waals surface area contributed by atoms with Gasteiger partial charge in [-0.3, -0.25) is 4.84 Å². The normalized spacial score (nSPS) is 35.6. The van der Waals surface area contributed by atoms with E-state index in [9.17, 15) is 8.78 Å². The van der Waals surface area contributed by atoms with Gasteiger partial charge in [0.05, 0.1) is 0 Å². The van der Waals surface area contributed by atoms with Crippen LogP contribution >= 0.6 is 0 Å². The zero-order valence-corrected chi connectivity index (χ0v) is 3.53. The van der Waals surface area contributed by atoms with Crippen LogP contribution in [0, 0.1) is 0 Å². The van der Waals surface area contributed by atoms with Crippen LogP contribution in [0.5, 0.6) is 0 Å². The first-order valence-electron chi connectivity index (χ1n) is 1.90. The molecule has 42 valence electrons. The van der Waals surface area contributed by atoms with Crippen molar-refractivity contribution in [3.63, 3.8) is 0 Å². The maximum atomic E-state index is 11.6. The lowest BCUT2D eigenvalue weighted by Crippen LogP contribution is -2.08. The van der Waals surface area contributed by atoms with Crippen molar-refractivity contribution in [3.05, 3.63) is 0 Å². The van der Waals surface area contributed by atoms with E-state index in [1.807, 2.05) is 0 Å². The molecular formula is C3H5F2NO. The zero-order valence-electron chi connectivity index (χ0n) is 3.53. The summed E-state index contributed by atoms with van der Waals surface area (Å²) in [5.41, 5.74) is 0. The molecule has 0 spiro atoms. The van der Waals surface area contributed by atoms with Crippen molar-refractivity contribution in [3.8, 4) is 0 Å². The summed E-state index contributed by atoms with van der Waals surface area (Å²) in [4.78, 5) is 3.83. The second-order valence-corrected chi connectivity index (χ2v) is 1.59. The lowest BCUT2D eigenvalue weighted by molar-refractivity contribution is 0.0128. The van der Waals surface area contributed by atoms with Gasteiger partial charge >= 0.3 is 0 Å². The molecule has 0 saturated heterocycles. The summed E-state index contributed by atoms with van der Waals surface area (Å²) in [6.07, 6.45) is -1.23. The molecule has 2 N–H and O–H groups in total.